The second kappa shape index (κ2) is 63.6. The number of thiophene rings is 1. The Kier molecular flexibility index (Phi) is 57.6. The first kappa shape index (κ1) is 130. The van der Waals surface area contributed by atoms with Crippen molar-refractivity contribution in [1.29, 1.82) is 0 Å². The molecule has 4 N–H and O–H groups in total. The molecule has 0 atom stereocenters. The molecule has 4 fully saturated rings. The second-order valence-electron chi connectivity index (χ2n) is 39.8. The molecule has 144 heavy (non-hydrogen) atoms. The first-order valence-corrected chi connectivity index (χ1v) is 53.0. The lowest BCUT2D eigenvalue weighted by Crippen LogP contribution is -2.38. The molecule has 26 nitrogen and oxygen atoms in total. The number of thioether (sulfide) groups is 1. The number of hydrogen-bond acceptors (Lipinski definition) is 21. The van der Waals surface area contributed by atoms with Gasteiger partial charge >= 0.3 is 24.5 Å². The van der Waals surface area contributed by atoms with Crippen LogP contribution in [0.4, 0.5) is 48.3 Å². The summed E-state index contributed by atoms with van der Waals surface area (Å²) in [6, 6.07) is 39.1. The van der Waals surface area contributed by atoms with Gasteiger partial charge in [0, 0.05) is 76.4 Å². The summed E-state index contributed by atoms with van der Waals surface area (Å²) in [6.45, 7) is 67.7. The molecule has 4 aliphatic heterocycles. The van der Waals surface area contributed by atoms with E-state index in [-0.39, 0.29) is 66.0 Å². The topological polar surface area (TPSA) is 306 Å². The van der Waals surface area contributed by atoms with Gasteiger partial charge in [-0.05, 0) is 344 Å². The number of para-hydroxylation sites is 1. The number of methoxy groups -OCH3 is 1. The average Bonchev–Trinajstić information content (AvgIpc) is 1.64. The number of halogens is 8. The van der Waals surface area contributed by atoms with E-state index < -0.39 is 50.1 Å². The van der Waals surface area contributed by atoms with E-state index in [2.05, 4.69) is 167 Å². The van der Waals surface area contributed by atoms with Gasteiger partial charge in [-0.2, -0.15) is 51.1 Å². The zero-order valence-corrected chi connectivity index (χ0v) is 94.3. The molecule has 9 aromatic rings. The van der Waals surface area contributed by atoms with Crippen LogP contribution in [0.25, 0.3) is 10.6 Å². The number of carbonyl (C=O) groups is 4. The molecular weight excluding hydrogens is 1950 g/mol. The highest BCUT2D eigenvalue weighted by atomic mass is 35.5. The number of carbonyl (C=O) groups excluding carboxylic acids is 6. The summed E-state index contributed by atoms with van der Waals surface area (Å²) in [5, 5.41) is 25.6. The van der Waals surface area contributed by atoms with Gasteiger partial charge in [0.05, 0.1) is 49.6 Å². The molecule has 4 saturated heterocycles. The predicted octanol–water partition coefficient (Wildman–Crippen LogP) is 26.0. The fraction of sp³-hybridized carbons (Fsp3) is 0.561. The number of imide groups is 1. The number of aryl methyl sites for hydroxylation is 5. The number of alkyl halides is 6. The van der Waals surface area contributed by atoms with E-state index in [0.29, 0.717) is 43.9 Å². The number of likely N-dealkylation sites (tertiary alicyclic amines) is 3. The third-order valence-electron chi connectivity index (χ3n) is 21.8. The number of amides is 5. The SMILES string of the molecule is CC(C)(C)n1ccc(C(F)(F)F)n1.CC(C)(C)n1nc(C(F)(F)F)cc1-c1cccs1.CC(C)C(=O)Nc1ccc(Cl)c(Cl)c1.CC(C)Cc1ccccc1.CC(C)N1CCCC1.CC(C)N1CCCCC1.CC(C)NC(=O)c1ccccc1O.CC1CCN(C(C)C)CC1.COc1cc(NS(=O)(=O)C(C)C)nc(C)n1.Cc1cc(C)nc(SC(C)C)n1.Cc1ccc(N2CC(=O)N(C(C)C)C2=O)cc1C.O=C=O. The van der Waals surface area contributed by atoms with Crippen LogP contribution in [0, 0.1) is 52.4 Å². The van der Waals surface area contributed by atoms with Crippen molar-refractivity contribution in [2.45, 2.75) is 328 Å². The van der Waals surface area contributed by atoms with E-state index in [1.54, 1.807) is 95.8 Å². The number of phenols is 1. The van der Waals surface area contributed by atoms with E-state index >= 15 is 0 Å². The number of piperidine rings is 2. The summed E-state index contributed by atoms with van der Waals surface area (Å²) in [7, 11) is -1.93. The van der Waals surface area contributed by atoms with E-state index in [4.69, 9.17) is 37.5 Å². The van der Waals surface area contributed by atoms with Gasteiger partial charge in [0.15, 0.2) is 16.5 Å². The normalized spacial score (nSPS) is 14.1. The molecule has 802 valence electrons. The van der Waals surface area contributed by atoms with Gasteiger partial charge in [-0.15, -0.1) is 11.3 Å². The lowest BCUT2D eigenvalue weighted by molar-refractivity contribution is -0.191. The third-order valence-corrected chi connectivity index (χ3v) is 26.0. The zero-order valence-electron chi connectivity index (χ0n) is 90.3. The number of anilines is 3. The minimum Gasteiger partial charge on any atom is -0.507 e. The van der Waals surface area contributed by atoms with Gasteiger partial charge in [-0.3, -0.25) is 38.3 Å². The van der Waals surface area contributed by atoms with Crippen molar-refractivity contribution in [3.05, 3.63) is 200 Å². The van der Waals surface area contributed by atoms with Crippen molar-refractivity contribution < 1.29 is 73.4 Å². The number of urea groups is 1. The number of aromatic hydroxyl groups is 1. The molecule has 5 amide bonds. The maximum absolute atomic E-state index is 12.7. The van der Waals surface area contributed by atoms with E-state index in [1.165, 1.54) is 158 Å². The molecule has 4 aliphatic rings. The Bertz CT molecular complexity index is 5380. The molecule has 0 spiro atoms. The lowest BCUT2D eigenvalue weighted by atomic mass is 9.98. The summed E-state index contributed by atoms with van der Waals surface area (Å²) >= 11 is 14.6. The molecule has 0 bridgehead atoms. The number of nitrogens with one attached hydrogen (secondary N) is 3. The quantitative estimate of drug-likeness (QED) is 0.0268. The molecule has 0 radical (unpaired) electrons. The second-order valence-corrected chi connectivity index (χ2v) is 45.4. The van der Waals surface area contributed by atoms with Crippen molar-refractivity contribution in [1.82, 2.24) is 64.4 Å². The summed E-state index contributed by atoms with van der Waals surface area (Å²) in [5.74, 6) is 2.28. The molecule has 5 aromatic heterocycles. The summed E-state index contributed by atoms with van der Waals surface area (Å²) < 4.78 is 108. The van der Waals surface area contributed by atoms with Crippen LogP contribution < -0.4 is 25.0 Å². The lowest BCUT2D eigenvalue weighted by Gasteiger charge is -2.33. The Morgan fingerprint density at radius 3 is 1.54 bits per heavy atom. The molecule has 0 unspecified atom stereocenters. The van der Waals surface area contributed by atoms with Crippen molar-refractivity contribution in [2.75, 3.05) is 67.9 Å². The molecule has 37 heteroatoms. The minimum absolute atomic E-state index is 0.0145. The average molecular weight is 2110 g/mol. The molecule has 0 aliphatic carbocycles. The predicted molar refractivity (Wildman–Crippen MR) is 574 cm³/mol. The van der Waals surface area contributed by atoms with Crippen LogP contribution in [0.5, 0.6) is 11.6 Å². The number of aromatic nitrogens is 8. The van der Waals surface area contributed by atoms with Crippen LogP contribution in [0.2, 0.25) is 10.0 Å². The van der Waals surface area contributed by atoms with Crippen molar-refractivity contribution in [3.63, 3.8) is 0 Å². The molecule has 9 heterocycles. The van der Waals surface area contributed by atoms with Gasteiger partial charge in [0.2, 0.25) is 21.8 Å². The Balaban J connectivity index is 0.000000538. The van der Waals surface area contributed by atoms with Crippen LogP contribution in [0.3, 0.4) is 0 Å². The summed E-state index contributed by atoms with van der Waals surface area (Å²) in [6.07, 6.45) is 3.93. The van der Waals surface area contributed by atoms with Gasteiger partial charge in [0.1, 0.15) is 23.9 Å². The molecule has 0 saturated carbocycles. The molecule has 13 rings (SSSR count). The van der Waals surface area contributed by atoms with Crippen LogP contribution in [-0.4, -0.2) is 196 Å². The number of rotatable bonds is 18. The first-order chi connectivity index (χ1) is 66.9. The highest BCUT2D eigenvalue weighted by Gasteiger charge is 2.40. The fourth-order valence-electron chi connectivity index (χ4n) is 13.7. The Labute approximate surface area is 871 Å². The van der Waals surface area contributed by atoms with Crippen molar-refractivity contribution in [2.24, 2.45) is 17.8 Å². The van der Waals surface area contributed by atoms with Crippen molar-refractivity contribution >= 4 is 103 Å². The largest absolute Gasteiger partial charge is 0.507 e. The molecular formula is C107H160Cl2F6N16O10S3. The molecule has 4 aromatic carbocycles. The number of nitrogens with zero attached hydrogens (tertiary/aromatic N) is 13. The van der Waals surface area contributed by atoms with Crippen LogP contribution >= 0.6 is 46.3 Å². The number of ether oxygens (including phenoxy) is 1. The number of phenolic OH excluding ortho intramolecular Hbond substituents is 1. The third kappa shape index (κ3) is 50.0. The number of benzene rings is 4. The Morgan fingerprint density at radius 2 is 1.12 bits per heavy atom. The Morgan fingerprint density at radius 1 is 0.597 bits per heavy atom. The fourth-order valence-corrected chi connectivity index (χ4v) is 16.2. The highest BCUT2D eigenvalue weighted by Crippen LogP contribution is 2.37. The monoisotopic (exact) mass is 2110 g/mol. The first-order valence-electron chi connectivity index (χ1n) is 48.9. The van der Waals surface area contributed by atoms with Crippen LogP contribution in [-0.2, 0) is 59.1 Å². The standard InChI is InChI=1S/C14H18N2O2.C12H13F3N2S.C10H11Cl2NO.C10H13NO2.C10H14.C9H15N3O3S.C9H14N2S.C9H19N.C8H11F3N2.C8H17N.C7H15N.CO2/c1-9(2)16-13(17)8-15(14(16)18)12-6-5-10(3)11(4)7-12;1-11(2,3)17-8(9-5-4-6-18-9)7-10(16-17)12(13,14)15;1-6(2)10(14)13-7-3-4-8(11)9(12)5-7;1-7(2)11-10(13)8-5-3-4-6-9(8)12;1-9(2)8-10-6-4-3-5-7-10;1-6(2)16(13,14)12-8-5-9(15-4)11-7(3)10-8;1-6(2)12-9-10-7(3)5-8(4)11-9;1-8(2)10-6-4-9(3)5-7-10;1-7(2,3)13-5-4-6(12-13)8(9,10)11;1-8(2)9-6-4-3-5-7-9;1-7(2)8-5-3-4-6-8;2-1-3/h5-7,9H,8H2,1-4H3;4-7H,1-3H3;3-6H,1-2H3,(H,13,14);3-7,12H,1-2H3,(H,11,13);3-7,9H,8H2,1-2H3;5-6H,1-4H3,(H,10,11,12);5-6H,1-4H3;8-9H,4-7H2,1-3H3;4-5H,1-3H3;8H,3-7H2,1-2H3;7H,3-6H2,1-2H3;. The highest BCUT2D eigenvalue weighted by molar-refractivity contribution is 7.99. The van der Waals surface area contributed by atoms with E-state index in [9.17, 15) is 59.0 Å². The summed E-state index contributed by atoms with van der Waals surface area (Å²) in [5.41, 5.74) is 5.51. The van der Waals surface area contributed by atoms with Crippen LogP contribution in [0.1, 0.15) is 274 Å². The van der Waals surface area contributed by atoms with Gasteiger partial charge in [-0.25, -0.2) is 28.2 Å². The Hall–Kier alpha value is -9.84. The maximum Gasteiger partial charge on any atom is 0.435 e. The maximum atomic E-state index is 12.7. The minimum atomic E-state index is -4.41. The van der Waals surface area contributed by atoms with E-state index in [0.717, 1.165) is 74.8 Å². The zero-order chi connectivity index (χ0) is 110. The van der Waals surface area contributed by atoms with Gasteiger partial charge < -0.3 is 35.2 Å². The number of hydrogen-bond donors (Lipinski definition) is 4. The van der Waals surface area contributed by atoms with Gasteiger partial charge in [0.25, 0.3) is 11.8 Å². The van der Waals surface area contributed by atoms with Gasteiger partial charge in [-0.1, -0.05) is 144 Å². The van der Waals surface area contributed by atoms with Crippen molar-refractivity contribution in [3.8, 4) is 22.2 Å². The smallest absolute Gasteiger partial charge is 0.435 e. The van der Waals surface area contributed by atoms with Crippen LogP contribution in [0.15, 0.2) is 144 Å². The summed E-state index contributed by atoms with van der Waals surface area (Å²) in [4.78, 5) is 90.9. The number of sulfonamides is 1. The van der Waals surface area contributed by atoms with E-state index in [1.807, 2.05) is 126 Å².